The minimum atomic E-state index is -4.29. The predicted molar refractivity (Wildman–Crippen MR) is 65.6 cm³/mol. The van der Waals surface area contributed by atoms with Gasteiger partial charge < -0.3 is 14.2 Å². The summed E-state index contributed by atoms with van der Waals surface area (Å²) in [5, 5.41) is 0. The number of carbonyl (C=O) groups excluding carboxylic acids is 1. The highest BCUT2D eigenvalue weighted by atomic mass is 19.3. The molecule has 1 rings (SSSR count). The Morgan fingerprint density at radius 1 is 1.24 bits per heavy atom. The zero-order chi connectivity index (χ0) is 16.0. The second-order valence-corrected chi connectivity index (χ2v) is 4.04. The number of Topliss-reactive ketones (excluding diaryl/α,β-unsaturated/α-hetero) is 1. The zero-order valence-electron chi connectivity index (χ0n) is 11.4. The molecule has 0 atom stereocenters. The van der Waals surface area contributed by atoms with E-state index in [1.807, 2.05) is 0 Å². The Bertz CT molecular complexity index is 491. The van der Waals surface area contributed by atoms with E-state index in [-0.39, 0.29) is 11.3 Å². The van der Waals surface area contributed by atoms with E-state index < -0.39 is 31.3 Å². The van der Waals surface area contributed by atoms with Gasteiger partial charge in [-0.3, -0.25) is 4.79 Å². The number of carbonyl (C=O) groups is 1. The molecular formula is C13H14F4O4. The summed E-state index contributed by atoms with van der Waals surface area (Å²) >= 11 is 0. The van der Waals surface area contributed by atoms with Crippen LogP contribution in [-0.2, 0) is 4.74 Å². The summed E-state index contributed by atoms with van der Waals surface area (Å²) in [5.74, 6) is -4.42. The molecule has 0 aliphatic heterocycles. The van der Waals surface area contributed by atoms with Gasteiger partial charge in [0.25, 0.3) is 0 Å². The van der Waals surface area contributed by atoms with Crippen LogP contribution >= 0.6 is 0 Å². The molecule has 0 saturated carbocycles. The highest BCUT2D eigenvalue weighted by Crippen LogP contribution is 2.25. The van der Waals surface area contributed by atoms with Gasteiger partial charge in [-0.25, -0.2) is 8.78 Å². The summed E-state index contributed by atoms with van der Waals surface area (Å²) in [4.78, 5) is 11.9. The van der Waals surface area contributed by atoms with Crippen molar-refractivity contribution >= 4 is 5.78 Å². The van der Waals surface area contributed by atoms with Gasteiger partial charge in [-0.15, -0.1) is 0 Å². The molecule has 0 aliphatic carbocycles. The molecule has 0 unspecified atom stereocenters. The van der Waals surface area contributed by atoms with Gasteiger partial charge in [0, 0.05) is 0 Å². The number of alkyl halides is 4. The highest BCUT2D eigenvalue weighted by Gasteiger charge is 2.41. The molecule has 4 nitrogen and oxygen atoms in total. The largest absolute Gasteiger partial charge is 0.497 e. The fourth-order valence-corrected chi connectivity index (χ4v) is 1.45. The van der Waals surface area contributed by atoms with Crippen LogP contribution in [-0.4, -0.2) is 45.6 Å². The van der Waals surface area contributed by atoms with E-state index in [4.69, 9.17) is 9.47 Å². The first-order chi connectivity index (χ1) is 9.81. The zero-order valence-corrected chi connectivity index (χ0v) is 11.4. The van der Waals surface area contributed by atoms with Crippen LogP contribution in [0.5, 0.6) is 11.5 Å². The minimum Gasteiger partial charge on any atom is -0.497 e. The monoisotopic (exact) mass is 310 g/mol. The standard InChI is InChI=1S/C13H14F4O4/c1-19-8-3-4-11(20-2)9(5-8)10(18)6-21-7-13(16,17)12(14)15/h3-5,12H,6-7H2,1-2H3. The molecular weight excluding hydrogens is 296 g/mol. The van der Waals surface area contributed by atoms with Gasteiger partial charge in [0.15, 0.2) is 5.78 Å². The van der Waals surface area contributed by atoms with Gasteiger partial charge in [0.1, 0.15) is 24.7 Å². The third-order valence-corrected chi connectivity index (χ3v) is 2.55. The molecule has 0 radical (unpaired) electrons. The number of hydrogen-bond acceptors (Lipinski definition) is 4. The van der Waals surface area contributed by atoms with Crippen LogP contribution in [0.2, 0.25) is 0 Å². The number of rotatable bonds is 8. The van der Waals surface area contributed by atoms with Crippen LogP contribution in [0.25, 0.3) is 0 Å². The number of benzene rings is 1. The molecule has 1 aromatic carbocycles. The third kappa shape index (κ3) is 4.59. The molecule has 0 fully saturated rings. The first-order valence-electron chi connectivity index (χ1n) is 5.80. The van der Waals surface area contributed by atoms with E-state index in [0.717, 1.165) is 0 Å². The van der Waals surface area contributed by atoms with Gasteiger partial charge in [0.2, 0.25) is 0 Å². The summed E-state index contributed by atoms with van der Waals surface area (Å²) in [6, 6.07) is 4.34. The number of halogens is 4. The van der Waals surface area contributed by atoms with Crippen LogP contribution in [0.1, 0.15) is 10.4 Å². The van der Waals surface area contributed by atoms with Crippen LogP contribution in [0.4, 0.5) is 17.6 Å². The van der Waals surface area contributed by atoms with Crippen LogP contribution < -0.4 is 9.47 Å². The molecule has 8 heteroatoms. The van der Waals surface area contributed by atoms with Crippen LogP contribution in [0, 0.1) is 0 Å². The predicted octanol–water partition coefficient (Wildman–Crippen LogP) is 2.80. The van der Waals surface area contributed by atoms with Gasteiger partial charge in [0.05, 0.1) is 19.8 Å². The molecule has 0 heterocycles. The molecule has 118 valence electrons. The lowest BCUT2D eigenvalue weighted by atomic mass is 10.1. The SMILES string of the molecule is COc1ccc(OC)c(C(=O)COCC(F)(F)C(F)F)c1. The van der Waals surface area contributed by atoms with Gasteiger partial charge >= 0.3 is 12.3 Å². The number of methoxy groups -OCH3 is 2. The minimum absolute atomic E-state index is 0.0530. The maximum Gasteiger partial charge on any atom is 0.330 e. The first kappa shape index (κ1) is 17.2. The maximum atomic E-state index is 12.6. The van der Waals surface area contributed by atoms with Crippen molar-refractivity contribution in [1.82, 2.24) is 0 Å². The molecule has 0 amide bonds. The Kier molecular flexibility index (Phi) is 5.95. The molecule has 1 aromatic rings. The quantitative estimate of drug-likeness (QED) is 0.547. The summed E-state index contributed by atoms with van der Waals surface area (Å²) in [6.45, 7) is -2.31. The van der Waals surface area contributed by atoms with E-state index in [0.29, 0.717) is 5.75 Å². The first-order valence-corrected chi connectivity index (χ1v) is 5.80. The number of ether oxygens (including phenoxy) is 3. The fraction of sp³-hybridized carbons (Fsp3) is 0.462. The van der Waals surface area contributed by atoms with Crippen molar-refractivity contribution in [2.24, 2.45) is 0 Å². The van der Waals surface area contributed by atoms with E-state index in [1.54, 1.807) is 6.07 Å². The van der Waals surface area contributed by atoms with E-state index in [2.05, 4.69) is 4.74 Å². The van der Waals surface area contributed by atoms with Crippen molar-refractivity contribution in [3.63, 3.8) is 0 Å². The Hall–Kier alpha value is -1.83. The van der Waals surface area contributed by atoms with Crippen molar-refractivity contribution in [2.75, 3.05) is 27.4 Å². The second-order valence-electron chi connectivity index (χ2n) is 4.04. The lowest BCUT2D eigenvalue weighted by Gasteiger charge is -2.15. The third-order valence-electron chi connectivity index (χ3n) is 2.55. The van der Waals surface area contributed by atoms with E-state index in [1.165, 1.54) is 26.4 Å². The average Bonchev–Trinajstić information content (AvgIpc) is 2.45. The van der Waals surface area contributed by atoms with Gasteiger partial charge in [-0.2, -0.15) is 8.78 Å². The van der Waals surface area contributed by atoms with Gasteiger partial charge in [-0.1, -0.05) is 0 Å². The highest BCUT2D eigenvalue weighted by molar-refractivity contribution is 6.00. The van der Waals surface area contributed by atoms with Gasteiger partial charge in [-0.05, 0) is 18.2 Å². The summed E-state index contributed by atoms with van der Waals surface area (Å²) in [6.07, 6.45) is -3.85. The topological polar surface area (TPSA) is 44.8 Å². The Morgan fingerprint density at radius 3 is 2.43 bits per heavy atom. The fourth-order valence-electron chi connectivity index (χ4n) is 1.45. The van der Waals surface area contributed by atoms with Crippen LogP contribution in [0.15, 0.2) is 18.2 Å². The molecule has 0 spiro atoms. The Balaban J connectivity index is 2.72. The molecule has 0 saturated heterocycles. The molecule has 0 aromatic heterocycles. The van der Waals surface area contributed by atoms with Crippen molar-refractivity contribution in [2.45, 2.75) is 12.3 Å². The van der Waals surface area contributed by atoms with Crippen molar-refractivity contribution in [3.8, 4) is 11.5 Å². The second kappa shape index (κ2) is 7.26. The maximum absolute atomic E-state index is 12.6. The Morgan fingerprint density at radius 2 is 1.90 bits per heavy atom. The summed E-state index contributed by atoms with van der Waals surface area (Å²) in [7, 11) is 2.71. The Labute approximate surface area is 118 Å². The summed E-state index contributed by atoms with van der Waals surface area (Å²) in [5.41, 5.74) is 0.0530. The van der Waals surface area contributed by atoms with E-state index >= 15 is 0 Å². The summed E-state index contributed by atoms with van der Waals surface area (Å²) < 4.78 is 63.4. The van der Waals surface area contributed by atoms with E-state index in [9.17, 15) is 22.4 Å². The van der Waals surface area contributed by atoms with Crippen molar-refractivity contribution in [1.29, 1.82) is 0 Å². The molecule has 0 N–H and O–H groups in total. The number of hydrogen-bond donors (Lipinski definition) is 0. The normalized spacial score (nSPS) is 11.6. The van der Waals surface area contributed by atoms with Crippen molar-refractivity contribution in [3.05, 3.63) is 23.8 Å². The lowest BCUT2D eigenvalue weighted by Crippen LogP contribution is -2.33. The smallest absolute Gasteiger partial charge is 0.330 e. The lowest BCUT2D eigenvalue weighted by molar-refractivity contribution is -0.163. The molecule has 0 bridgehead atoms. The van der Waals surface area contributed by atoms with Crippen LogP contribution in [0.3, 0.4) is 0 Å². The average molecular weight is 310 g/mol. The van der Waals surface area contributed by atoms with Crippen molar-refractivity contribution < 1.29 is 36.6 Å². The molecule has 0 aliphatic rings. The number of ketones is 1. The molecule has 21 heavy (non-hydrogen) atoms.